The molecule has 2 heterocycles. The summed E-state index contributed by atoms with van der Waals surface area (Å²) in [5.41, 5.74) is 4.88. The zero-order valence-electron chi connectivity index (χ0n) is 16.3. The van der Waals surface area contributed by atoms with Crippen LogP contribution in [-0.2, 0) is 22.7 Å². The summed E-state index contributed by atoms with van der Waals surface area (Å²) < 4.78 is 15.4. The van der Waals surface area contributed by atoms with Crippen molar-refractivity contribution in [3.05, 3.63) is 60.0 Å². The van der Waals surface area contributed by atoms with Crippen LogP contribution in [0.2, 0.25) is 0 Å². The fourth-order valence-electron chi connectivity index (χ4n) is 3.66. The molecule has 0 bridgehead atoms. The van der Waals surface area contributed by atoms with Gasteiger partial charge in [-0.2, -0.15) is 5.10 Å². The van der Waals surface area contributed by atoms with Crippen LogP contribution in [0.25, 0.3) is 22.4 Å². The Morgan fingerprint density at radius 2 is 1.79 bits per heavy atom. The minimum absolute atomic E-state index is 0.0127. The van der Waals surface area contributed by atoms with Crippen molar-refractivity contribution >= 4 is 17.5 Å². The number of carbonyl (C=O) groups is 2. The lowest BCUT2D eigenvalue weighted by Crippen LogP contribution is -2.37. The summed E-state index contributed by atoms with van der Waals surface area (Å²) in [7, 11) is 0. The molecule has 2 aromatic carbocycles. The third kappa shape index (κ3) is 3.76. The maximum Gasteiger partial charge on any atom is 0.221 e. The van der Waals surface area contributed by atoms with Gasteiger partial charge in [0.1, 0.15) is 11.5 Å². The number of hydrogen-bond acceptors (Lipinski definition) is 3. The number of amides is 2. The summed E-state index contributed by atoms with van der Waals surface area (Å²) in [6.45, 7) is 4.66. The minimum Gasteiger partial charge on any atom is -0.335 e. The van der Waals surface area contributed by atoms with E-state index >= 15 is 0 Å². The molecule has 0 saturated carbocycles. The number of benzene rings is 2. The Morgan fingerprint density at radius 3 is 2.48 bits per heavy atom. The SMILES string of the molecule is CC(=O)Nc1cccc(-c2c(-c3ccc(F)cc3)nn3c2CN(C(C)=O)CC3)c1. The smallest absolute Gasteiger partial charge is 0.221 e. The molecule has 1 aromatic heterocycles. The van der Waals surface area contributed by atoms with Gasteiger partial charge in [-0.3, -0.25) is 14.3 Å². The van der Waals surface area contributed by atoms with Crippen LogP contribution in [0.5, 0.6) is 0 Å². The van der Waals surface area contributed by atoms with Crippen LogP contribution in [0, 0.1) is 5.82 Å². The van der Waals surface area contributed by atoms with Crippen LogP contribution in [0.3, 0.4) is 0 Å². The van der Waals surface area contributed by atoms with E-state index < -0.39 is 0 Å². The largest absolute Gasteiger partial charge is 0.335 e. The summed E-state index contributed by atoms with van der Waals surface area (Å²) in [4.78, 5) is 25.2. The topological polar surface area (TPSA) is 67.2 Å². The van der Waals surface area contributed by atoms with Crippen molar-refractivity contribution in [3.8, 4) is 22.4 Å². The monoisotopic (exact) mass is 392 g/mol. The number of anilines is 1. The fourth-order valence-corrected chi connectivity index (χ4v) is 3.66. The summed E-state index contributed by atoms with van der Waals surface area (Å²) in [5.74, 6) is -0.450. The zero-order valence-corrected chi connectivity index (χ0v) is 16.3. The normalized spacial score (nSPS) is 13.1. The van der Waals surface area contributed by atoms with Gasteiger partial charge in [-0.15, -0.1) is 0 Å². The summed E-state index contributed by atoms with van der Waals surface area (Å²) in [6.07, 6.45) is 0. The molecule has 4 rings (SSSR count). The van der Waals surface area contributed by atoms with Gasteiger partial charge in [-0.25, -0.2) is 4.39 Å². The van der Waals surface area contributed by atoms with E-state index in [9.17, 15) is 14.0 Å². The van der Waals surface area contributed by atoms with Crippen molar-refractivity contribution in [2.45, 2.75) is 26.9 Å². The predicted octanol–water partition coefficient (Wildman–Crippen LogP) is 3.68. The molecule has 7 heteroatoms. The lowest BCUT2D eigenvalue weighted by molar-refractivity contribution is -0.130. The van der Waals surface area contributed by atoms with E-state index in [2.05, 4.69) is 5.32 Å². The summed E-state index contributed by atoms with van der Waals surface area (Å²) in [6, 6.07) is 13.7. The van der Waals surface area contributed by atoms with Crippen LogP contribution in [-0.4, -0.2) is 33.0 Å². The number of hydrogen-bond donors (Lipinski definition) is 1. The third-order valence-electron chi connectivity index (χ3n) is 5.01. The number of halogens is 1. The second kappa shape index (κ2) is 7.50. The molecule has 0 fully saturated rings. The van der Waals surface area contributed by atoms with E-state index in [1.54, 1.807) is 24.0 Å². The molecule has 0 radical (unpaired) electrons. The van der Waals surface area contributed by atoms with Gasteiger partial charge in [-0.05, 0) is 42.0 Å². The molecule has 1 aliphatic heterocycles. The van der Waals surface area contributed by atoms with Gasteiger partial charge >= 0.3 is 0 Å². The number of aromatic nitrogens is 2. The second-order valence-electron chi connectivity index (χ2n) is 7.10. The highest BCUT2D eigenvalue weighted by Gasteiger charge is 2.27. The molecule has 0 saturated heterocycles. The van der Waals surface area contributed by atoms with E-state index in [0.717, 1.165) is 28.1 Å². The van der Waals surface area contributed by atoms with Gasteiger partial charge in [0.05, 0.1) is 18.8 Å². The molecular weight excluding hydrogens is 371 g/mol. The number of nitrogens with one attached hydrogen (secondary N) is 1. The molecule has 1 aliphatic rings. The first kappa shape index (κ1) is 18.9. The maximum absolute atomic E-state index is 13.5. The number of carbonyl (C=O) groups excluding carboxylic acids is 2. The van der Waals surface area contributed by atoms with E-state index in [1.807, 2.05) is 28.9 Å². The number of fused-ring (bicyclic) bond motifs is 1. The molecule has 29 heavy (non-hydrogen) atoms. The zero-order chi connectivity index (χ0) is 20.5. The van der Waals surface area contributed by atoms with Crippen LogP contribution in [0.15, 0.2) is 48.5 Å². The lowest BCUT2D eigenvalue weighted by Gasteiger charge is -2.27. The van der Waals surface area contributed by atoms with Crippen molar-refractivity contribution in [1.82, 2.24) is 14.7 Å². The molecule has 3 aromatic rings. The Kier molecular flexibility index (Phi) is 4.88. The van der Waals surface area contributed by atoms with E-state index in [4.69, 9.17) is 5.10 Å². The summed E-state index contributed by atoms with van der Waals surface area (Å²) >= 11 is 0. The Morgan fingerprint density at radius 1 is 1.03 bits per heavy atom. The minimum atomic E-state index is -0.310. The van der Waals surface area contributed by atoms with Gasteiger partial charge in [0.15, 0.2) is 0 Å². The lowest BCUT2D eigenvalue weighted by atomic mass is 9.97. The van der Waals surface area contributed by atoms with Crippen LogP contribution in [0.1, 0.15) is 19.5 Å². The van der Waals surface area contributed by atoms with Crippen molar-refractivity contribution in [1.29, 1.82) is 0 Å². The first-order chi connectivity index (χ1) is 13.9. The Hall–Kier alpha value is -3.48. The molecule has 0 unspecified atom stereocenters. The fraction of sp³-hybridized carbons (Fsp3) is 0.227. The predicted molar refractivity (Wildman–Crippen MR) is 108 cm³/mol. The van der Waals surface area contributed by atoms with Gasteiger partial charge in [-0.1, -0.05) is 12.1 Å². The van der Waals surface area contributed by atoms with Crippen molar-refractivity contribution in [2.75, 3.05) is 11.9 Å². The van der Waals surface area contributed by atoms with Crippen molar-refractivity contribution in [2.24, 2.45) is 0 Å². The molecule has 2 amide bonds. The second-order valence-corrected chi connectivity index (χ2v) is 7.10. The van der Waals surface area contributed by atoms with E-state index in [0.29, 0.717) is 25.3 Å². The maximum atomic E-state index is 13.5. The van der Waals surface area contributed by atoms with Crippen molar-refractivity contribution < 1.29 is 14.0 Å². The highest BCUT2D eigenvalue weighted by molar-refractivity contribution is 5.91. The molecule has 0 aliphatic carbocycles. The molecule has 148 valence electrons. The third-order valence-corrected chi connectivity index (χ3v) is 5.01. The van der Waals surface area contributed by atoms with Gasteiger partial charge in [0, 0.05) is 37.2 Å². The Balaban J connectivity index is 1.88. The molecular formula is C22H21FN4O2. The average molecular weight is 392 g/mol. The molecule has 6 nitrogen and oxygen atoms in total. The quantitative estimate of drug-likeness (QED) is 0.739. The molecule has 0 atom stereocenters. The van der Waals surface area contributed by atoms with Crippen LogP contribution >= 0.6 is 0 Å². The standard InChI is InChI=1S/C22H21FN4O2/c1-14(28)24-19-5-3-4-17(12-19)21-20-13-26(15(2)29)10-11-27(20)25-22(21)16-6-8-18(23)9-7-16/h3-9,12H,10-11,13H2,1-2H3,(H,24,28). The van der Waals surface area contributed by atoms with Crippen LogP contribution < -0.4 is 5.32 Å². The molecule has 0 spiro atoms. The highest BCUT2D eigenvalue weighted by atomic mass is 19.1. The first-order valence-electron chi connectivity index (χ1n) is 9.41. The van der Waals surface area contributed by atoms with Gasteiger partial charge in [0.25, 0.3) is 0 Å². The molecule has 1 N–H and O–H groups in total. The average Bonchev–Trinajstić information content (AvgIpc) is 3.06. The van der Waals surface area contributed by atoms with Gasteiger partial charge in [0.2, 0.25) is 11.8 Å². The highest BCUT2D eigenvalue weighted by Crippen LogP contribution is 2.37. The van der Waals surface area contributed by atoms with E-state index in [1.165, 1.54) is 19.1 Å². The Labute approximate surface area is 167 Å². The van der Waals surface area contributed by atoms with Crippen LogP contribution in [0.4, 0.5) is 10.1 Å². The summed E-state index contributed by atoms with van der Waals surface area (Å²) in [5, 5.41) is 7.58. The first-order valence-corrected chi connectivity index (χ1v) is 9.41. The number of rotatable bonds is 3. The Bertz CT molecular complexity index is 1090. The van der Waals surface area contributed by atoms with Gasteiger partial charge < -0.3 is 10.2 Å². The number of nitrogens with zero attached hydrogens (tertiary/aromatic N) is 3. The van der Waals surface area contributed by atoms with E-state index in [-0.39, 0.29) is 17.6 Å². The van der Waals surface area contributed by atoms with Crippen molar-refractivity contribution in [3.63, 3.8) is 0 Å².